The fourth-order valence-corrected chi connectivity index (χ4v) is 5.07. The van der Waals surface area contributed by atoms with Gasteiger partial charge in [0.15, 0.2) is 0 Å². The van der Waals surface area contributed by atoms with Crippen LogP contribution in [0.15, 0.2) is 42.9 Å². The highest BCUT2D eigenvalue weighted by Crippen LogP contribution is 2.33. The average Bonchev–Trinajstić information content (AvgIpc) is 3.53. The predicted molar refractivity (Wildman–Crippen MR) is 126 cm³/mol. The normalized spacial score (nSPS) is 18.1. The van der Waals surface area contributed by atoms with Crippen LogP contribution in [0.5, 0.6) is 0 Å². The lowest BCUT2D eigenvalue weighted by Gasteiger charge is -2.25. The van der Waals surface area contributed by atoms with E-state index in [9.17, 15) is 18.4 Å². The van der Waals surface area contributed by atoms with Crippen LogP contribution in [0.1, 0.15) is 76.1 Å². The second kappa shape index (κ2) is 10.1. The van der Waals surface area contributed by atoms with Crippen LogP contribution in [-0.2, 0) is 17.9 Å². The molecule has 1 aromatic carbocycles. The van der Waals surface area contributed by atoms with Gasteiger partial charge in [0.1, 0.15) is 17.3 Å². The van der Waals surface area contributed by atoms with E-state index in [1.165, 1.54) is 12.1 Å². The van der Waals surface area contributed by atoms with Gasteiger partial charge in [-0.25, -0.2) is 8.78 Å². The first kappa shape index (κ1) is 24.1. The quantitative estimate of drug-likeness (QED) is 0.560. The van der Waals surface area contributed by atoms with E-state index in [1.807, 2.05) is 6.92 Å². The Morgan fingerprint density at radius 1 is 1.22 bits per heavy atom. The zero-order chi connectivity index (χ0) is 25.2. The Morgan fingerprint density at radius 3 is 2.83 bits per heavy atom. The third kappa shape index (κ3) is 4.48. The van der Waals surface area contributed by atoms with Gasteiger partial charge in [-0.1, -0.05) is 13.0 Å². The van der Waals surface area contributed by atoms with E-state index in [1.54, 1.807) is 34.1 Å². The van der Waals surface area contributed by atoms with E-state index in [4.69, 9.17) is 4.74 Å². The Hall–Kier alpha value is -3.66. The molecule has 3 aromatic rings. The van der Waals surface area contributed by atoms with E-state index >= 15 is 0 Å². The number of ether oxygens (including phenoxy) is 1. The van der Waals surface area contributed by atoms with Crippen molar-refractivity contribution in [2.24, 2.45) is 0 Å². The summed E-state index contributed by atoms with van der Waals surface area (Å²) >= 11 is 0. The SMILES string of the molecule is CC[C@@H](NC(=O)c1cc(C(=O)N2CCCC2c2cnccn2)c2n1CCOC2)c1ccc(F)cc1F. The van der Waals surface area contributed by atoms with Crippen LogP contribution in [0.2, 0.25) is 0 Å². The molecule has 2 amide bonds. The average molecular weight is 496 g/mol. The lowest BCUT2D eigenvalue weighted by molar-refractivity contribution is 0.0686. The van der Waals surface area contributed by atoms with Crippen LogP contribution in [0.4, 0.5) is 8.78 Å². The number of fused-ring (bicyclic) bond motifs is 1. The number of nitrogens with zero attached hydrogens (tertiary/aromatic N) is 4. The van der Waals surface area contributed by atoms with Gasteiger partial charge in [-0.2, -0.15) is 0 Å². The van der Waals surface area contributed by atoms with Crippen molar-refractivity contribution in [1.82, 2.24) is 24.8 Å². The van der Waals surface area contributed by atoms with E-state index < -0.39 is 23.6 Å². The fraction of sp³-hybridized carbons (Fsp3) is 0.385. The molecular formula is C26H27F2N5O3. The van der Waals surface area contributed by atoms with Crippen LogP contribution in [0.3, 0.4) is 0 Å². The molecule has 4 heterocycles. The number of benzene rings is 1. The molecule has 1 fully saturated rings. The van der Waals surface area contributed by atoms with Crippen molar-refractivity contribution < 1.29 is 23.1 Å². The molecule has 1 N–H and O–H groups in total. The second-order valence-electron chi connectivity index (χ2n) is 8.98. The summed E-state index contributed by atoms with van der Waals surface area (Å²) < 4.78 is 35.2. The number of hydrogen-bond acceptors (Lipinski definition) is 5. The summed E-state index contributed by atoms with van der Waals surface area (Å²) in [4.78, 5) is 37.4. The number of aromatic nitrogens is 3. The van der Waals surface area contributed by atoms with Crippen molar-refractivity contribution in [3.05, 3.63) is 82.7 Å². The molecule has 10 heteroatoms. The molecule has 2 aliphatic rings. The van der Waals surface area contributed by atoms with Crippen LogP contribution < -0.4 is 5.32 Å². The molecule has 2 aliphatic heterocycles. The van der Waals surface area contributed by atoms with Gasteiger partial charge in [0.05, 0.1) is 48.4 Å². The van der Waals surface area contributed by atoms with Crippen molar-refractivity contribution in [1.29, 1.82) is 0 Å². The van der Waals surface area contributed by atoms with Gasteiger partial charge in [-0.15, -0.1) is 0 Å². The van der Waals surface area contributed by atoms with Gasteiger partial charge in [0, 0.05) is 37.1 Å². The molecule has 188 valence electrons. The molecule has 0 spiro atoms. The zero-order valence-corrected chi connectivity index (χ0v) is 19.9. The van der Waals surface area contributed by atoms with Gasteiger partial charge in [0.2, 0.25) is 0 Å². The zero-order valence-electron chi connectivity index (χ0n) is 19.9. The minimum atomic E-state index is -0.715. The van der Waals surface area contributed by atoms with Crippen molar-refractivity contribution in [3.63, 3.8) is 0 Å². The van der Waals surface area contributed by atoms with Crippen LogP contribution in [0, 0.1) is 11.6 Å². The van der Waals surface area contributed by atoms with Gasteiger partial charge in [-0.3, -0.25) is 19.6 Å². The molecule has 0 radical (unpaired) electrons. The van der Waals surface area contributed by atoms with E-state index in [-0.39, 0.29) is 24.1 Å². The highest BCUT2D eigenvalue weighted by Gasteiger charge is 2.35. The Morgan fingerprint density at radius 2 is 2.08 bits per heavy atom. The van der Waals surface area contributed by atoms with Gasteiger partial charge >= 0.3 is 0 Å². The first-order chi connectivity index (χ1) is 17.5. The summed E-state index contributed by atoms with van der Waals surface area (Å²) in [6.45, 7) is 3.42. The van der Waals surface area contributed by atoms with E-state index in [2.05, 4.69) is 15.3 Å². The molecule has 1 unspecified atom stereocenters. The second-order valence-corrected chi connectivity index (χ2v) is 8.98. The molecule has 2 atom stereocenters. The summed E-state index contributed by atoms with van der Waals surface area (Å²) in [5.74, 6) is -2.01. The minimum absolute atomic E-state index is 0.186. The molecule has 2 aromatic heterocycles. The summed E-state index contributed by atoms with van der Waals surface area (Å²) in [5, 5.41) is 2.86. The Labute approximate surface area is 207 Å². The number of hydrogen-bond donors (Lipinski definition) is 1. The highest BCUT2D eigenvalue weighted by atomic mass is 19.1. The maximum absolute atomic E-state index is 14.4. The van der Waals surface area contributed by atoms with Crippen molar-refractivity contribution in [2.75, 3.05) is 13.2 Å². The summed E-state index contributed by atoms with van der Waals surface area (Å²) in [5.41, 5.74) is 2.31. The molecule has 0 bridgehead atoms. The Balaban J connectivity index is 1.44. The molecule has 36 heavy (non-hydrogen) atoms. The van der Waals surface area contributed by atoms with Gasteiger partial charge < -0.3 is 19.5 Å². The number of likely N-dealkylation sites (tertiary alicyclic amines) is 1. The number of nitrogens with one attached hydrogen (secondary N) is 1. The largest absolute Gasteiger partial charge is 0.373 e. The van der Waals surface area contributed by atoms with Crippen LogP contribution >= 0.6 is 0 Å². The maximum Gasteiger partial charge on any atom is 0.268 e. The maximum atomic E-state index is 14.4. The minimum Gasteiger partial charge on any atom is -0.373 e. The highest BCUT2D eigenvalue weighted by molar-refractivity contribution is 6.01. The lowest BCUT2D eigenvalue weighted by Crippen LogP contribution is -2.32. The van der Waals surface area contributed by atoms with Crippen LogP contribution in [-0.4, -0.2) is 44.4 Å². The smallest absolute Gasteiger partial charge is 0.268 e. The standard InChI is InChI=1S/C26H27F2N5O3/c1-2-20(17-6-5-16(27)12-19(17)28)31-25(34)23-13-18(24-15-36-11-10-32(23)24)26(35)33-9-3-4-22(33)21-14-29-7-8-30-21/h5-8,12-14,20,22H,2-4,9-11,15H2,1H3,(H,31,34)/t20-,22?/m1/s1. The lowest BCUT2D eigenvalue weighted by atomic mass is 10.0. The number of amides is 2. The molecule has 0 aliphatic carbocycles. The number of rotatable bonds is 6. The molecule has 0 saturated carbocycles. The van der Waals surface area contributed by atoms with Crippen molar-refractivity contribution >= 4 is 11.8 Å². The topological polar surface area (TPSA) is 89.4 Å². The Bertz CT molecular complexity index is 1280. The molecular weight excluding hydrogens is 468 g/mol. The van der Waals surface area contributed by atoms with E-state index in [0.717, 1.165) is 24.6 Å². The first-order valence-corrected chi connectivity index (χ1v) is 12.1. The van der Waals surface area contributed by atoms with Gasteiger partial charge in [-0.05, 0) is 31.4 Å². The van der Waals surface area contributed by atoms with Crippen molar-refractivity contribution in [2.45, 2.75) is 51.4 Å². The van der Waals surface area contributed by atoms with Gasteiger partial charge in [0.25, 0.3) is 11.8 Å². The summed E-state index contributed by atoms with van der Waals surface area (Å²) in [6.07, 6.45) is 6.91. The Kier molecular flexibility index (Phi) is 6.77. The first-order valence-electron chi connectivity index (χ1n) is 12.1. The third-order valence-corrected chi connectivity index (χ3v) is 6.86. The summed E-state index contributed by atoms with van der Waals surface area (Å²) in [7, 11) is 0. The number of carbonyl (C=O) groups is 2. The fourth-order valence-electron chi connectivity index (χ4n) is 5.07. The number of carbonyl (C=O) groups excluding carboxylic acids is 2. The summed E-state index contributed by atoms with van der Waals surface area (Å²) in [6, 6.07) is 4.08. The molecule has 8 nitrogen and oxygen atoms in total. The van der Waals surface area contributed by atoms with Crippen LogP contribution in [0.25, 0.3) is 0 Å². The molecule has 1 saturated heterocycles. The molecule has 5 rings (SSSR count). The number of halogens is 2. The predicted octanol–water partition coefficient (Wildman–Crippen LogP) is 3.94. The monoisotopic (exact) mass is 495 g/mol. The third-order valence-electron chi connectivity index (χ3n) is 6.86. The van der Waals surface area contributed by atoms with E-state index in [0.29, 0.717) is 43.1 Å². The van der Waals surface area contributed by atoms with Crippen molar-refractivity contribution in [3.8, 4) is 0 Å².